The van der Waals surface area contributed by atoms with Crippen molar-refractivity contribution in [1.82, 2.24) is 5.06 Å². The van der Waals surface area contributed by atoms with E-state index in [4.69, 9.17) is 0 Å². The van der Waals surface area contributed by atoms with Gasteiger partial charge in [0.25, 0.3) is 5.91 Å². The highest BCUT2D eigenvalue weighted by molar-refractivity contribution is 6.74. The molecular formula is C11H12BF3NO2-. The third kappa shape index (κ3) is 3.63. The summed E-state index contributed by atoms with van der Waals surface area (Å²) in [6.07, 6.45) is 2.16. The van der Waals surface area contributed by atoms with E-state index in [1.807, 2.05) is 0 Å². The normalized spacial score (nSPS) is 11.8. The Morgan fingerprint density at radius 2 is 1.94 bits per heavy atom. The topological polar surface area (TPSA) is 29.5 Å². The van der Waals surface area contributed by atoms with Gasteiger partial charge in [-0.25, -0.2) is 5.06 Å². The first kappa shape index (κ1) is 14.3. The maximum atomic E-state index is 12.7. The second-order valence-corrected chi connectivity index (χ2v) is 3.56. The van der Waals surface area contributed by atoms with Crippen LogP contribution in [0.5, 0.6) is 0 Å². The van der Waals surface area contributed by atoms with Gasteiger partial charge in [-0.15, -0.1) is 5.46 Å². The van der Waals surface area contributed by atoms with E-state index in [1.54, 1.807) is 0 Å². The molecule has 1 aromatic rings. The number of halogens is 3. The van der Waals surface area contributed by atoms with Crippen LogP contribution >= 0.6 is 0 Å². The highest BCUT2D eigenvalue weighted by Gasteiger charge is 2.27. The number of likely N-dealkylation sites (N-methyl/N-ethyl adjacent to an activating group) is 1. The summed E-state index contributed by atoms with van der Waals surface area (Å²) in [5, 5.41) is 0.915. The van der Waals surface area contributed by atoms with E-state index in [0.717, 1.165) is 23.3 Å². The highest BCUT2D eigenvalue weighted by atomic mass is 19.4. The highest BCUT2D eigenvalue weighted by Crippen LogP contribution is 2.13. The number of hydrogen-bond donors (Lipinski definition) is 0. The molecule has 0 saturated heterocycles. The molecule has 0 N–H and O–H groups in total. The van der Waals surface area contributed by atoms with Crippen molar-refractivity contribution >= 4 is 24.4 Å². The van der Waals surface area contributed by atoms with Gasteiger partial charge < -0.3 is 12.9 Å². The number of benzene rings is 1. The van der Waals surface area contributed by atoms with Gasteiger partial charge in [-0.2, -0.15) is 0 Å². The quantitative estimate of drug-likeness (QED) is 0.468. The van der Waals surface area contributed by atoms with Gasteiger partial charge in [0, 0.05) is 13.1 Å². The number of carbonyl (C=O) groups excluding carboxylic acids is 1. The minimum atomic E-state index is -5.10. The smallest absolute Gasteiger partial charge is 0.445 e. The van der Waals surface area contributed by atoms with Crippen LogP contribution in [0.1, 0.15) is 5.56 Å². The van der Waals surface area contributed by atoms with Crippen LogP contribution in [0.4, 0.5) is 12.9 Å². The average Bonchev–Trinajstić information content (AvgIpc) is 2.34. The van der Waals surface area contributed by atoms with Crippen LogP contribution in [-0.4, -0.2) is 32.1 Å². The molecule has 1 rings (SSSR count). The molecule has 7 heteroatoms. The Balaban J connectivity index is 2.98. The molecule has 0 unspecified atom stereocenters. The third-order valence-corrected chi connectivity index (χ3v) is 2.34. The Hall–Kier alpha value is -1.76. The molecule has 1 aromatic carbocycles. The molecule has 0 aliphatic rings. The van der Waals surface area contributed by atoms with Gasteiger partial charge >= 0.3 is 6.98 Å². The van der Waals surface area contributed by atoms with Crippen LogP contribution in [0.25, 0.3) is 6.08 Å². The van der Waals surface area contributed by atoms with E-state index < -0.39 is 18.3 Å². The van der Waals surface area contributed by atoms with Gasteiger partial charge in [-0.3, -0.25) is 9.63 Å². The van der Waals surface area contributed by atoms with Gasteiger partial charge in [0.2, 0.25) is 0 Å². The molecular weight excluding hydrogens is 246 g/mol. The van der Waals surface area contributed by atoms with E-state index in [0.29, 0.717) is 0 Å². The van der Waals surface area contributed by atoms with Crippen LogP contribution in [0.2, 0.25) is 0 Å². The lowest BCUT2D eigenvalue weighted by molar-refractivity contribution is -0.162. The maximum absolute atomic E-state index is 12.7. The Kier molecular flexibility index (Phi) is 4.55. The van der Waals surface area contributed by atoms with Crippen molar-refractivity contribution in [3.63, 3.8) is 0 Å². The monoisotopic (exact) mass is 258 g/mol. The Labute approximate surface area is 103 Å². The van der Waals surface area contributed by atoms with Crippen molar-refractivity contribution in [3.8, 4) is 0 Å². The van der Waals surface area contributed by atoms with Gasteiger partial charge in [0.15, 0.2) is 0 Å². The van der Waals surface area contributed by atoms with Crippen LogP contribution in [0, 0.1) is 0 Å². The number of nitrogens with zero attached hydrogens (tertiary/aromatic N) is 1. The molecule has 0 atom stereocenters. The first-order valence-electron chi connectivity index (χ1n) is 5.15. The SMILES string of the molecule is CON(C)C(=O)/C=C/c1ccccc1[B-](F)(F)F. The summed E-state index contributed by atoms with van der Waals surface area (Å²) in [5.41, 5.74) is -0.760. The van der Waals surface area contributed by atoms with Gasteiger partial charge in [-0.05, 0) is 0 Å². The Morgan fingerprint density at radius 1 is 1.33 bits per heavy atom. The zero-order valence-corrected chi connectivity index (χ0v) is 9.94. The second-order valence-electron chi connectivity index (χ2n) is 3.56. The second kappa shape index (κ2) is 5.73. The lowest BCUT2D eigenvalue weighted by Gasteiger charge is -2.17. The molecule has 0 radical (unpaired) electrons. The average molecular weight is 258 g/mol. The lowest BCUT2D eigenvalue weighted by atomic mass is 9.77. The first-order chi connectivity index (χ1) is 8.36. The van der Waals surface area contributed by atoms with E-state index in [9.17, 15) is 17.7 Å². The van der Waals surface area contributed by atoms with Crippen LogP contribution < -0.4 is 5.46 Å². The van der Waals surface area contributed by atoms with E-state index in [-0.39, 0.29) is 5.56 Å². The predicted octanol–water partition coefficient (Wildman–Crippen LogP) is 1.77. The van der Waals surface area contributed by atoms with Crippen molar-refractivity contribution in [3.05, 3.63) is 35.9 Å². The summed E-state index contributed by atoms with van der Waals surface area (Å²) in [4.78, 5) is 16.0. The van der Waals surface area contributed by atoms with E-state index in [2.05, 4.69) is 4.84 Å². The summed E-state index contributed by atoms with van der Waals surface area (Å²) in [5.74, 6) is -0.540. The van der Waals surface area contributed by atoms with Crippen molar-refractivity contribution in [2.75, 3.05) is 14.2 Å². The molecule has 0 spiro atoms. The minimum Gasteiger partial charge on any atom is -0.445 e. The van der Waals surface area contributed by atoms with Gasteiger partial charge in [-0.1, -0.05) is 35.9 Å². The molecule has 0 aromatic heterocycles. The summed E-state index contributed by atoms with van der Waals surface area (Å²) < 4.78 is 38.1. The van der Waals surface area contributed by atoms with E-state index in [1.165, 1.54) is 32.4 Å². The number of carbonyl (C=O) groups is 1. The molecule has 98 valence electrons. The molecule has 0 aliphatic carbocycles. The maximum Gasteiger partial charge on any atom is 0.510 e. The standard InChI is InChI=1S/C11H12BF3NO2/c1-16(18-2)11(17)8-7-9-5-3-4-6-10(9)12(13,14)15/h3-8H,1-2H3/q-1/b8-7+. The summed E-state index contributed by atoms with van der Waals surface area (Å²) >= 11 is 0. The molecule has 0 heterocycles. The molecule has 18 heavy (non-hydrogen) atoms. The predicted molar refractivity (Wildman–Crippen MR) is 64.0 cm³/mol. The van der Waals surface area contributed by atoms with Crippen LogP contribution in [-0.2, 0) is 9.63 Å². The lowest BCUT2D eigenvalue weighted by Crippen LogP contribution is -2.35. The fourth-order valence-corrected chi connectivity index (χ4v) is 1.32. The van der Waals surface area contributed by atoms with Crippen molar-refractivity contribution in [1.29, 1.82) is 0 Å². The Bertz CT molecular complexity index is 460. The van der Waals surface area contributed by atoms with Gasteiger partial charge in [0.1, 0.15) is 0 Å². The molecule has 3 nitrogen and oxygen atoms in total. The Morgan fingerprint density at radius 3 is 2.50 bits per heavy atom. The molecule has 0 saturated carbocycles. The summed E-state index contributed by atoms with van der Waals surface area (Å²) in [6.45, 7) is -5.10. The van der Waals surface area contributed by atoms with Crippen LogP contribution in [0.15, 0.2) is 30.3 Å². The summed E-state index contributed by atoms with van der Waals surface area (Å²) in [6, 6.07) is 5.09. The molecule has 0 aliphatic heterocycles. The van der Waals surface area contributed by atoms with Crippen molar-refractivity contribution in [2.24, 2.45) is 0 Å². The zero-order chi connectivity index (χ0) is 13.8. The molecule has 0 fully saturated rings. The van der Waals surface area contributed by atoms with Crippen molar-refractivity contribution in [2.45, 2.75) is 0 Å². The van der Waals surface area contributed by atoms with Gasteiger partial charge in [0.05, 0.1) is 7.11 Å². The third-order valence-electron chi connectivity index (χ3n) is 2.34. The summed E-state index contributed by atoms with van der Waals surface area (Å²) in [7, 11) is 2.66. The fraction of sp³-hybridized carbons (Fsp3) is 0.182. The number of hydrogen-bond acceptors (Lipinski definition) is 2. The number of rotatable bonds is 4. The largest absolute Gasteiger partial charge is 0.510 e. The van der Waals surface area contributed by atoms with Crippen LogP contribution in [0.3, 0.4) is 0 Å². The van der Waals surface area contributed by atoms with E-state index >= 15 is 0 Å². The molecule has 0 bridgehead atoms. The number of hydroxylamine groups is 2. The first-order valence-corrected chi connectivity index (χ1v) is 5.15. The molecule has 1 amide bonds. The minimum absolute atomic E-state index is 0.0390. The van der Waals surface area contributed by atoms with Crippen molar-refractivity contribution < 1.29 is 22.6 Å². The number of amides is 1. The zero-order valence-electron chi connectivity index (χ0n) is 9.94. The fourth-order valence-electron chi connectivity index (χ4n) is 1.32.